The average molecular weight is 342 g/mol. The van der Waals surface area contributed by atoms with Gasteiger partial charge in [-0.2, -0.15) is 0 Å². The number of pyridine rings is 1. The molecule has 2 rings (SSSR count). The lowest BCUT2D eigenvalue weighted by atomic mass is 9.87. The Balaban J connectivity index is 2.26. The van der Waals surface area contributed by atoms with Crippen LogP contribution in [0.15, 0.2) is 29.3 Å². The summed E-state index contributed by atoms with van der Waals surface area (Å²) in [6.07, 6.45) is 3.33. The summed E-state index contributed by atoms with van der Waals surface area (Å²) in [7, 11) is 1.78. The molecule has 6 nitrogen and oxygen atoms in total. The van der Waals surface area contributed by atoms with Crippen LogP contribution in [-0.4, -0.2) is 38.8 Å². The molecular weight excluding hydrogens is 316 g/mol. The number of hydrogen-bond acceptors (Lipinski definition) is 4. The first-order chi connectivity index (χ1) is 11.6. The molecule has 1 N–H and O–H groups in total. The van der Waals surface area contributed by atoms with Crippen molar-refractivity contribution in [3.8, 4) is 11.4 Å². The zero-order chi connectivity index (χ0) is 18.8. The zero-order valence-electron chi connectivity index (χ0n) is 15.8. The van der Waals surface area contributed by atoms with Crippen molar-refractivity contribution < 1.29 is 4.79 Å². The van der Waals surface area contributed by atoms with Crippen LogP contribution in [0, 0.1) is 12.3 Å². The molecule has 0 unspecified atom stereocenters. The van der Waals surface area contributed by atoms with Crippen LogP contribution in [0.1, 0.15) is 39.0 Å². The number of hydrogen-bond donors (Lipinski definition) is 1. The van der Waals surface area contributed by atoms with Crippen molar-refractivity contribution in [1.82, 2.24) is 19.9 Å². The lowest BCUT2D eigenvalue weighted by molar-refractivity contribution is -0.132. The van der Waals surface area contributed by atoms with Crippen LogP contribution < -0.4 is 5.56 Å². The number of carbonyl (C=O) groups is 1. The molecule has 0 radical (unpaired) electrons. The Kier molecular flexibility index (Phi) is 5.40. The minimum atomic E-state index is -0.274. The van der Waals surface area contributed by atoms with Gasteiger partial charge in [0.05, 0.1) is 6.42 Å². The predicted molar refractivity (Wildman–Crippen MR) is 98.2 cm³/mol. The number of carbonyl (C=O) groups excluding carboxylic acids is 1. The summed E-state index contributed by atoms with van der Waals surface area (Å²) in [5.41, 5.74) is 1.46. The smallest absolute Gasteiger partial charge is 0.255 e. The van der Waals surface area contributed by atoms with E-state index in [1.165, 1.54) is 0 Å². The van der Waals surface area contributed by atoms with E-state index in [4.69, 9.17) is 0 Å². The number of rotatable bonds is 4. The third-order valence-electron chi connectivity index (χ3n) is 4.73. The van der Waals surface area contributed by atoms with E-state index in [0.717, 1.165) is 5.56 Å². The number of aryl methyl sites for hydroxylation is 1. The van der Waals surface area contributed by atoms with E-state index in [1.807, 2.05) is 6.92 Å². The monoisotopic (exact) mass is 342 g/mol. The van der Waals surface area contributed by atoms with Gasteiger partial charge in [-0.05, 0) is 31.4 Å². The third kappa shape index (κ3) is 4.32. The standard InChI is InChI=1S/C19H26N4O2/c1-12-15(11-16(24)23(6)13(2)19(3,4)5)18(25)22-17(21-12)14-7-9-20-10-8-14/h7-10,13H,11H2,1-6H3,(H,21,22,25)/t13-/m1/s1. The molecule has 0 aliphatic carbocycles. The van der Waals surface area contributed by atoms with Crippen LogP contribution in [0.3, 0.4) is 0 Å². The number of aromatic amines is 1. The first-order valence-corrected chi connectivity index (χ1v) is 8.37. The topological polar surface area (TPSA) is 79.0 Å². The van der Waals surface area contributed by atoms with Crippen molar-refractivity contribution in [3.63, 3.8) is 0 Å². The van der Waals surface area contributed by atoms with E-state index in [9.17, 15) is 9.59 Å². The Bertz CT molecular complexity index is 806. The van der Waals surface area contributed by atoms with Gasteiger partial charge in [-0.15, -0.1) is 0 Å². The summed E-state index contributed by atoms with van der Waals surface area (Å²) in [6, 6.07) is 3.62. The van der Waals surface area contributed by atoms with Gasteiger partial charge in [0.1, 0.15) is 5.82 Å². The summed E-state index contributed by atoms with van der Waals surface area (Å²) >= 11 is 0. The molecule has 0 fully saturated rings. The first kappa shape index (κ1) is 18.8. The molecule has 0 aliphatic heterocycles. The number of aromatic nitrogens is 3. The fraction of sp³-hybridized carbons (Fsp3) is 0.474. The lowest BCUT2D eigenvalue weighted by Gasteiger charge is -2.35. The van der Waals surface area contributed by atoms with Crippen molar-refractivity contribution >= 4 is 5.91 Å². The molecule has 2 heterocycles. The Hall–Kier alpha value is -2.50. The fourth-order valence-electron chi connectivity index (χ4n) is 2.54. The molecule has 0 spiro atoms. The van der Waals surface area contributed by atoms with Crippen LogP contribution in [0.2, 0.25) is 0 Å². The van der Waals surface area contributed by atoms with Crippen LogP contribution in [-0.2, 0) is 11.2 Å². The van der Waals surface area contributed by atoms with Crippen molar-refractivity contribution in [2.24, 2.45) is 5.41 Å². The zero-order valence-corrected chi connectivity index (χ0v) is 15.8. The molecule has 2 aromatic heterocycles. The SMILES string of the molecule is Cc1nc(-c2ccncc2)[nH]c(=O)c1CC(=O)N(C)[C@H](C)C(C)(C)C. The fourth-order valence-corrected chi connectivity index (χ4v) is 2.54. The maximum absolute atomic E-state index is 12.6. The number of H-pyrrole nitrogens is 1. The second kappa shape index (κ2) is 7.17. The number of amides is 1. The largest absolute Gasteiger partial charge is 0.342 e. The molecule has 0 saturated carbocycles. The molecule has 25 heavy (non-hydrogen) atoms. The molecule has 1 atom stereocenters. The van der Waals surface area contributed by atoms with Crippen molar-refractivity contribution in [2.75, 3.05) is 7.05 Å². The minimum absolute atomic E-state index is 0.0324. The summed E-state index contributed by atoms with van der Waals surface area (Å²) in [6.45, 7) is 10.0. The minimum Gasteiger partial charge on any atom is -0.342 e. The van der Waals surface area contributed by atoms with Gasteiger partial charge >= 0.3 is 0 Å². The van der Waals surface area contributed by atoms with Crippen LogP contribution in [0.25, 0.3) is 11.4 Å². The Morgan fingerprint density at radius 1 is 1.28 bits per heavy atom. The summed E-state index contributed by atoms with van der Waals surface area (Å²) in [5.74, 6) is 0.395. The number of likely N-dealkylation sites (N-methyl/N-ethyl adjacent to an activating group) is 1. The van der Waals surface area contributed by atoms with E-state index in [1.54, 1.807) is 43.4 Å². The van der Waals surface area contributed by atoms with Gasteiger partial charge in [-0.3, -0.25) is 14.6 Å². The Morgan fingerprint density at radius 3 is 2.40 bits per heavy atom. The molecule has 0 saturated heterocycles. The normalized spacial score (nSPS) is 12.7. The Morgan fingerprint density at radius 2 is 1.88 bits per heavy atom. The number of nitrogens with one attached hydrogen (secondary N) is 1. The molecule has 0 aliphatic rings. The van der Waals surface area contributed by atoms with Gasteiger partial charge in [0.25, 0.3) is 5.56 Å². The predicted octanol–water partition coefficient (Wildman–Crippen LogP) is 2.58. The second-order valence-corrected chi connectivity index (χ2v) is 7.44. The molecule has 0 bridgehead atoms. The van der Waals surface area contributed by atoms with Gasteiger partial charge < -0.3 is 9.88 Å². The van der Waals surface area contributed by atoms with Gasteiger partial charge in [0.15, 0.2) is 0 Å². The molecule has 0 aromatic carbocycles. The van der Waals surface area contributed by atoms with Crippen molar-refractivity contribution in [3.05, 3.63) is 46.1 Å². The molecular formula is C19H26N4O2. The lowest BCUT2D eigenvalue weighted by Crippen LogP contribution is -2.44. The first-order valence-electron chi connectivity index (χ1n) is 8.37. The van der Waals surface area contributed by atoms with Gasteiger partial charge in [-0.25, -0.2) is 4.98 Å². The maximum Gasteiger partial charge on any atom is 0.255 e. The van der Waals surface area contributed by atoms with Crippen LogP contribution in [0.4, 0.5) is 0 Å². The van der Waals surface area contributed by atoms with Crippen LogP contribution in [0.5, 0.6) is 0 Å². The highest BCUT2D eigenvalue weighted by molar-refractivity contribution is 5.79. The Labute approximate surface area is 148 Å². The summed E-state index contributed by atoms with van der Waals surface area (Å²) < 4.78 is 0. The van der Waals surface area contributed by atoms with Gasteiger partial charge in [-0.1, -0.05) is 20.8 Å². The molecule has 6 heteroatoms. The van der Waals surface area contributed by atoms with E-state index in [2.05, 4.69) is 35.7 Å². The van der Waals surface area contributed by atoms with E-state index in [-0.39, 0.29) is 29.3 Å². The summed E-state index contributed by atoms with van der Waals surface area (Å²) in [4.78, 5) is 38.0. The van der Waals surface area contributed by atoms with Crippen LogP contribution >= 0.6 is 0 Å². The third-order valence-corrected chi connectivity index (χ3v) is 4.73. The van der Waals surface area contributed by atoms with E-state index in [0.29, 0.717) is 17.1 Å². The van der Waals surface area contributed by atoms with Gasteiger partial charge in [0.2, 0.25) is 5.91 Å². The second-order valence-electron chi connectivity index (χ2n) is 7.44. The molecule has 134 valence electrons. The summed E-state index contributed by atoms with van der Waals surface area (Å²) in [5, 5.41) is 0. The van der Waals surface area contributed by atoms with E-state index >= 15 is 0 Å². The quantitative estimate of drug-likeness (QED) is 0.926. The highest BCUT2D eigenvalue weighted by atomic mass is 16.2. The number of nitrogens with zero attached hydrogens (tertiary/aromatic N) is 3. The average Bonchev–Trinajstić information content (AvgIpc) is 2.56. The van der Waals surface area contributed by atoms with E-state index < -0.39 is 0 Å². The van der Waals surface area contributed by atoms with Gasteiger partial charge in [0, 0.05) is 42.3 Å². The molecule has 2 aromatic rings. The van der Waals surface area contributed by atoms with Crippen molar-refractivity contribution in [2.45, 2.75) is 47.1 Å². The molecule has 1 amide bonds. The highest BCUT2D eigenvalue weighted by Crippen LogP contribution is 2.23. The maximum atomic E-state index is 12.6. The van der Waals surface area contributed by atoms with Crippen molar-refractivity contribution in [1.29, 1.82) is 0 Å². The highest BCUT2D eigenvalue weighted by Gasteiger charge is 2.27.